The summed E-state index contributed by atoms with van der Waals surface area (Å²) in [5, 5.41) is 11.7. The van der Waals surface area contributed by atoms with Crippen LogP contribution in [0.5, 0.6) is 5.75 Å². The minimum atomic E-state index is -1.04. The van der Waals surface area contributed by atoms with Crippen molar-refractivity contribution in [2.24, 2.45) is 0 Å². The number of ether oxygens (including phenoxy) is 1. The lowest BCUT2D eigenvalue weighted by Gasteiger charge is -2.11. The molecule has 1 amide bonds. The van der Waals surface area contributed by atoms with Crippen LogP contribution in [-0.2, 0) is 0 Å². The lowest BCUT2D eigenvalue weighted by molar-refractivity contribution is 0.0696. The molecule has 0 unspecified atom stereocenters. The first kappa shape index (κ1) is 16.5. The molecule has 0 saturated carbocycles. The summed E-state index contributed by atoms with van der Waals surface area (Å²) < 4.78 is 5.64. The number of benzene rings is 2. The van der Waals surface area contributed by atoms with Crippen LogP contribution in [0.1, 0.15) is 40.5 Å². The molecule has 0 heterocycles. The monoisotopic (exact) mass is 313 g/mol. The molecular formula is C18H19NO4. The van der Waals surface area contributed by atoms with Gasteiger partial charge in [0.25, 0.3) is 5.91 Å². The maximum absolute atomic E-state index is 12.4. The molecule has 0 spiro atoms. The van der Waals surface area contributed by atoms with E-state index in [1.807, 2.05) is 6.07 Å². The van der Waals surface area contributed by atoms with Gasteiger partial charge >= 0.3 is 5.97 Å². The molecule has 2 N–H and O–H groups in total. The molecule has 0 aromatic heterocycles. The Morgan fingerprint density at radius 3 is 2.65 bits per heavy atom. The quantitative estimate of drug-likeness (QED) is 0.762. The number of nitrogens with one attached hydrogen (secondary N) is 1. The van der Waals surface area contributed by atoms with Crippen LogP contribution in [0.15, 0.2) is 48.5 Å². The Balaban J connectivity index is 2.14. The van der Waals surface area contributed by atoms with Gasteiger partial charge in [0.1, 0.15) is 5.75 Å². The number of rotatable bonds is 7. The molecule has 0 bridgehead atoms. The van der Waals surface area contributed by atoms with Crippen molar-refractivity contribution < 1.29 is 19.4 Å². The van der Waals surface area contributed by atoms with Gasteiger partial charge in [0.2, 0.25) is 0 Å². The normalized spacial score (nSPS) is 10.1. The number of amides is 1. The van der Waals surface area contributed by atoms with Crippen LogP contribution in [0.25, 0.3) is 0 Å². The zero-order valence-electron chi connectivity index (χ0n) is 12.9. The van der Waals surface area contributed by atoms with Gasteiger partial charge in [-0.05, 0) is 36.8 Å². The van der Waals surface area contributed by atoms with E-state index >= 15 is 0 Å². The number of unbranched alkanes of at least 4 members (excludes halogenated alkanes) is 1. The van der Waals surface area contributed by atoms with E-state index in [4.69, 9.17) is 9.84 Å². The molecule has 2 aromatic carbocycles. The average molecular weight is 313 g/mol. The topological polar surface area (TPSA) is 75.6 Å². The number of hydrogen-bond donors (Lipinski definition) is 2. The van der Waals surface area contributed by atoms with Gasteiger partial charge in [-0.25, -0.2) is 4.79 Å². The smallest absolute Gasteiger partial charge is 0.335 e. The molecule has 0 fully saturated rings. The summed E-state index contributed by atoms with van der Waals surface area (Å²) in [5.74, 6) is -0.850. The van der Waals surface area contributed by atoms with Crippen molar-refractivity contribution in [2.45, 2.75) is 19.8 Å². The first-order valence-electron chi connectivity index (χ1n) is 7.48. The summed E-state index contributed by atoms with van der Waals surface area (Å²) in [4.78, 5) is 23.4. The summed E-state index contributed by atoms with van der Waals surface area (Å²) in [6.45, 7) is 2.62. The molecule has 0 aliphatic heterocycles. The van der Waals surface area contributed by atoms with Crippen LogP contribution in [0.3, 0.4) is 0 Å². The molecular weight excluding hydrogens is 294 g/mol. The fourth-order valence-electron chi connectivity index (χ4n) is 2.03. The minimum Gasteiger partial charge on any atom is -0.493 e. The Morgan fingerprint density at radius 2 is 1.91 bits per heavy atom. The van der Waals surface area contributed by atoms with Crippen LogP contribution in [0.4, 0.5) is 5.69 Å². The van der Waals surface area contributed by atoms with Gasteiger partial charge in [-0.1, -0.05) is 31.5 Å². The molecule has 2 aromatic rings. The number of carbonyl (C=O) groups is 2. The van der Waals surface area contributed by atoms with Gasteiger partial charge in [0.05, 0.1) is 17.7 Å². The molecule has 23 heavy (non-hydrogen) atoms. The highest BCUT2D eigenvalue weighted by Gasteiger charge is 2.13. The molecule has 5 nitrogen and oxygen atoms in total. The first-order chi connectivity index (χ1) is 11.1. The third kappa shape index (κ3) is 4.57. The number of carboxylic acids is 1. The first-order valence-corrected chi connectivity index (χ1v) is 7.48. The lowest BCUT2D eigenvalue weighted by atomic mass is 10.1. The maximum atomic E-state index is 12.4. The molecule has 2 rings (SSSR count). The van der Waals surface area contributed by atoms with Crippen molar-refractivity contribution in [1.82, 2.24) is 0 Å². The van der Waals surface area contributed by atoms with E-state index in [1.54, 1.807) is 30.3 Å². The van der Waals surface area contributed by atoms with E-state index in [0.29, 0.717) is 23.6 Å². The van der Waals surface area contributed by atoms with Gasteiger partial charge in [0.15, 0.2) is 0 Å². The van der Waals surface area contributed by atoms with Gasteiger partial charge in [-0.15, -0.1) is 0 Å². The standard InChI is InChI=1S/C18H19NO4/c1-2-3-11-23-16-10-5-4-9-15(16)17(20)19-14-8-6-7-13(12-14)18(21)22/h4-10,12H,2-3,11H2,1H3,(H,19,20)(H,21,22). The fraction of sp³-hybridized carbons (Fsp3) is 0.222. The molecule has 0 saturated heterocycles. The van der Waals surface area contributed by atoms with Crippen LogP contribution < -0.4 is 10.1 Å². The summed E-state index contributed by atoms with van der Waals surface area (Å²) in [6.07, 6.45) is 1.92. The second-order valence-corrected chi connectivity index (χ2v) is 5.04. The Labute approximate surface area is 134 Å². The molecule has 0 atom stereocenters. The number of para-hydroxylation sites is 1. The lowest BCUT2D eigenvalue weighted by Crippen LogP contribution is -2.14. The van der Waals surface area contributed by atoms with E-state index in [1.165, 1.54) is 12.1 Å². The highest BCUT2D eigenvalue weighted by atomic mass is 16.5. The van der Waals surface area contributed by atoms with Crippen molar-refractivity contribution in [1.29, 1.82) is 0 Å². The number of hydrogen-bond acceptors (Lipinski definition) is 3. The zero-order valence-corrected chi connectivity index (χ0v) is 12.9. The molecule has 5 heteroatoms. The van der Waals surface area contributed by atoms with Crippen LogP contribution >= 0.6 is 0 Å². The van der Waals surface area contributed by atoms with Crippen molar-refractivity contribution >= 4 is 17.6 Å². The maximum Gasteiger partial charge on any atom is 0.335 e. The van der Waals surface area contributed by atoms with E-state index in [9.17, 15) is 9.59 Å². The largest absolute Gasteiger partial charge is 0.493 e. The second kappa shape index (κ2) is 7.98. The van der Waals surface area contributed by atoms with E-state index in [0.717, 1.165) is 12.8 Å². The number of carbonyl (C=O) groups excluding carboxylic acids is 1. The highest BCUT2D eigenvalue weighted by molar-refractivity contribution is 6.06. The van der Waals surface area contributed by atoms with Gasteiger partial charge in [-0.3, -0.25) is 4.79 Å². The molecule has 0 radical (unpaired) electrons. The Bertz CT molecular complexity index is 697. The van der Waals surface area contributed by atoms with Gasteiger partial charge in [0, 0.05) is 5.69 Å². The summed E-state index contributed by atoms with van der Waals surface area (Å²) in [6, 6.07) is 13.1. The molecule has 120 valence electrons. The van der Waals surface area contributed by atoms with E-state index in [2.05, 4.69) is 12.2 Å². The highest BCUT2D eigenvalue weighted by Crippen LogP contribution is 2.20. The van der Waals surface area contributed by atoms with Gasteiger partial charge in [-0.2, -0.15) is 0 Å². The van der Waals surface area contributed by atoms with Crippen LogP contribution in [0, 0.1) is 0 Å². The minimum absolute atomic E-state index is 0.121. The van der Waals surface area contributed by atoms with Crippen LogP contribution in [0.2, 0.25) is 0 Å². The third-order valence-corrected chi connectivity index (χ3v) is 3.25. The van der Waals surface area contributed by atoms with E-state index in [-0.39, 0.29) is 11.5 Å². The second-order valence-electron chi connectivity index (χ2n) is 5.04. The Kier molecular flexibility index (Phi) is 5.74. The summed E-state index contributed by atoms with van der Waals surface area (Å²) in [7, 11) is 0. The van der Waals surface area contributed by atoms with Crippen molar-refractivity contribution in [2.75, 3.05) is 11.9 Å². The predicted octanol–water partition coefficient (Wildman–Crippen LogP) is 3.82. The fourth-order valence-corrected chi connectivity index (χ4v) is 2.03. The number of carboxylic acid groups (broad SMARTS) is 1. The Hall–Kier alpha value is -2.82. The zero-order chi connectivity index (χ0) is 16.7. The molecule has 0 aliphatic rings. The number of aromatic carboxylic acids is 1. The number of anilines is 1. The average Bonchev–Trinajstić information content (AvgIpc) is 2.55. The van der Waals surface area contributed by atoms with Gasteiger partial charge < -0.3 is 15.2 Å². The third-order valence-electron chi connectivity index (χ3n) is 3.25. The summed E-state index contributed by atoms with van der Waals surface area (Å²) >= 11 is 0. The van der Waals surface area contributed by atoms with Crippen LogP contribution in [-0.4, -0.2) is 23.6 Å². The SMILES string of the molecule is CCCCOc1ccccc1C(=O)Nc1cccc(C(=O)O)c1. The summed E-state index contributed by atoms with van der Waals surface area (Å²) in [5.41, 5.74) is 0.970. The van der Waals surface area contributed by atoms with E-state index < -0.39 is 5.97 Å². The Morgan fingerprint density at radius 1 is 1.13 bits per heavy atom. The molecule has 0 aliphatic carbocycles. The van der Waals surface area contributed by atoms with Crippen molar-refractivity contribution in [3.8, 4) is 5.75 Å². The van der Waals surface area contributed by atoms with Crippen molar-refractivity contribution in [3.05, 3.63) is 59.7 Å². The predicted molar refractivity (Wildman–Crippen MR) is 88.2 cm³/mol. The van der Waals surface area contributed by atoms with Crippen molar-refractivity contribution in [3.63, 3.8) is 0 Å².